The first-order chi connectivity index (χ1) is 11.5. The highest BCUT2D eigenvalue weighted by Gasteiger charge is 2.16. The molecule has 0 bridgehead atoms. The number of hydrogen-bond acceptors (Lipinski definition) is 4. The number of carbonyl (C=O) groups is 1. The molecule has 0 radical (unpaired) electrons. The van der Waals surface area contributed by atoms with E-state index in [1.807, 2.05) is 25.1 Å². The summed E-state index contributed by atoms with van der Waals surface area (Å²) in [6, 6.07) is 5.45. The van der Waals surface area contributed by atoms with Crippen LogP contribution in [0.25, 0.3) is 0 Å². The van der Waals surface area contributed by atoms with Crippen LogP contribution in [0.2, 0.25) is 0 Å². The second-order valence-corrected chi connectivity index (χ2v) is 6.73. The molecule has 0 aromatic heterocycles. The molecule has 6 heteroatoms. The van der Waals surface area contributed by atoms with Crippen molar-refractivity contribution in [1.82, 2.24) is 15.1 Å². The number of nitrogens with one attached hydrogen (secondary N) is 2. The van der Waals surface area contributed by atoms with E-state index in [4.69, 9.17) is 4.74 Å². The third kappa shape index (κ3) is 5.69. The summed E-state index contributed by atoms with van der Waals surface area (Å²) in [5, 5.41) is 5.83. The Morgan fingerprint density at radius 2 is 2.00 bits per heavy atom. The standard InChI is InChI=1S/C18H30N4O2/c1-14(13-22-9-7-21(3)8-10-22)12-19-18(23)20-16-5-6-17(24-4)15(2)11-16/h5-6,11,14H,7-10,12-13H2,1-4H3,(H2,19,20,23). The van der Waals surface area contributed by atoms with Crippen molar-refractivity contribution < 1.29 is 9.53 Å². The number of benzene rings is 1. The van der Waals surface area contributed by atoms with Crippen molar-refractivity contribution in [2.45, 2.75) is 13.8 Å². The Morgan fingerprint density at radius 3 is 2.62 bits per heavy atom. The number of amides is 2. The second-order valence-electron chi connectivity index (χ2n) is 6.73. The zero-order valence-electron chi connectivity index (χ0n) is 15.3. The smallest absolute Gasteiger partial charge is 0.319 e. The van der Waals surface area contributed by atoms with Gasteiger partial charge in [0.2, 0.25) is 0 Å². The van der Waals surface area contributed by atoms with E-state index in [1.165, 1.54) is 0 Å². The Labute approximate surface area is 145 Å². The first kappa shape index (κ1) is 18.5. The van der Waals surface area contributed by atoms with Gasteiger partial charge in [-0.1, -0.05) is 6.92 Å². The molecule has 134 valence electrons. The highest BCUT2D eigenvalue weighted by atomic mass is 16.5. The van der Waals surface area contributed by atoms with Crippen LogP contribution in [0.3, 0.4) is 0 Å². The maximum absolute atomic E-state index is 12.0. The number of hydrogen-bond donors (Lipinski definition) is 2. The lowest BCUT2D eigenvalue weighted by molar-refractivity contribution is 0.138. The van der Waals surface area contributed by atoms with Gasteiger partial charge >= 0.3 is 6.03 Å². The number of urea groups is 1. The minimum Gasteiger partial charge on any atom is -0.496 e. The SMILES string of the molecule is COc1ccc(NC(=O)NCC(C)CN2CCN(C)CC2)cc1C. The Hall–Kier alpha value is -1.79. The summed E-state index contributed by atoms with van der Waals surface area (Å²) >= 11 is 0. The summed E-state index contributed by atoms with van der Waals surface area (Å²) in [6.07, 6.45) is 0. The quantitative estimate of drug-likeness (QED) is 0.836. The lowest BCUT2D eigenvalue weighted by atomic mass is 10.1. The summed E-state index contributed by atoms with van der Waals surface area (Å²) in [4.78, 5) is 16.9. The number of likely N-dealkylation sites (N-methyl/N-ethyl adjacent to an activating group) is 1. The molecule has 0 saturated carbocycles. The van der Waals surface area contributed by atoms with Crippen molar-refractivity contribution in [2.24, 2.45) is 5.92 Å². The van der Waals surface area contributed by atoms with E-state index in [0.717, 1.165) is 49.7 Å². The van der Waals surface area contributed by atoms with Crippen LogP contribution < -0.4 is 15.4 Å². The maximum atomic E-state index is 12.0. The fourth-order valence-corrected chi connectivity index (χ4v) is 2.93. The van der Waals surface area contributed by atoms with Gasteiger partial charge in [-0.2, -0.15) is 0 Å². The number of anilines is 1. The van der Waals surface area contributed by atoms with Crippen molar-refractivity contribution >= 4 is 11.7 Å². The summed E-state index contributed by atoms with van der Waals surface area (Å²) < 4.78 is 5.23. The van der Waals surface area contributed by atoms with Gasteiger partial charge in [0.05, 0.1) is 7.11 Å². The van der Waals surface area contributed by atoms with E-state index in [9.17, 15) is 4.79 Å². The van der Waals surface area contributed by atoms with Gasteiger partial charge in [0.15, 0.2) is 0 Å². The molecule has 1 heterocycles. The highest BCUT2D eigenvalue weighted by molar-refractivity contribution is 5.89. The Kier molecular flexibility index (Phi) is 6.87. The number of nitrogens with zero attached hydrogens (tertiary/aromatic N) is 2. The zero-order valence-corrected chi connectivity index (χ0v) is 15.3. The minimum atomic E-state index is -0.162. The van der Waals surface area contributed by atoms with Crippen LogP contribution in [0.5, 0.6) is 5.75 Å². The number of aryl methyl sites for hydroxylation is 1. The molecule has 2 amide bonds. The van der Waals surface area contributed by atoms with E-state index < -0.39 is 0 Å². The van der Waals surface area contributed by atoms with Gasteiger partial charge in [0.1, 0.15) is 5.75 Å². The van der Waals surface area contributed by atoms with Gasteiger partial charge in [-0.25, -0.2) is 4.79 Å². The van der Waals surface area contributed by atoms with Crippen molar-refractivity contribution in [1.29, 1.82) is 0 Å². The molecule has 0 spiro atoms. The van der Waals surface area contributed by atoms with Gasteiger partial charge < -0.3 is 25.2 Å². The summed E-state index contributed by atoms with van der Waals surface area (Å²) in [5.41, 5.74) is 1.77. The van der Waals surface area contributed by atoms with Gasteiger partial charge in [-0.3, -0.25) is 0 Å². The molecule has 1 saturated heterocycles. The van der Waals surface area contributed by atoms with E-state index in [-0.39, 0.29) is 6.03 Å². The fraction of sp³-hybridized carbons (Fsp3) is 0.611. The third-order valence-electron chi connectivity index (χ3n) is 4.43. The topological polar surface area (TPSA) is 56.8 Å². The Morgan fingerprint density at radius 1 is 1.29 bits per heavy atom. The van der Waals surface area contributed by atoms with Crippen molar-refractivity contribution in [3.8, 4) is 5.75 Å². The average Bonchev–Trinajstić information content (AvgIpc) is 2.55. The molecule has 0 aliphatic carbocycles. The summed E-state index contributed by atoms with van der Waals surface area (Å²) in [6.45, 7) is 10.3. The molecule has 6 nitrogen and oxygen atoms in total. The normalized spacial score (nSPS) is 17.3. The molecule has 1 aromatic rings. The van der Waals surface area contributed by atoms with Crippen LogP contribution in [0, 0.1) is 12.8 Å². The van der Waals surface area contributed by atoms with E-state index in [1.54, 1.807) is 7.11 Å². The van der Waals surface area contributed by atoms with Crippen molar-refractivity contribution in [2.75, 3.05) is 58.7 Å². The molecule has 1 aliphatic heterocycles. The third-order valence-corrected chi connectivity index (χ3v) is 4.43. The van der Waals surface area contributed by atoms with E-state index in [2.05, 4.69) is 34.4 Å². The zero-order chi connectivity index (χ0) is 17.5. The molecule has 1 aromatic carbocycles. The molecule has 24 heavy (non-hydrogen) atoms. The molecule has 1 fully saturated rings. The van der Waals surface area contributed by atoms with Crippen LogP contribution in [-0.4, -0.2) is 69.3 Å². The lowest BCUT2D eigenvalue weighted by Crippen LogP contribution is -2.47. The highest BCUT2D eigenvalue weighted by Crippen LogP contribution is 2.21. The predicted molar refractivity (Wildman–Crippen MR) is 97.9 cm³/mol. The van der Waals surface area contributed by atoms with Crippen molar-refractivity contribution in [3.05, 3.63) is 23.8 Å². The van der Waals surface area contributed by atoms with Crippen LogP contribution in [-0.2, 0) is 0 Å². The Bertz CT molecular complexity index is 542. The maximum Gasteiger partial charge on any atom is 0.319 e. The summed E-state index contributed by atoms with van der Waals surface area (Å²) in [7, 11) is 3.80. The van der Waals surface area contributed by atoms with Gasteiger partial charge in [-0.05, 0) is 43.7 Å². The molecular formula is C18H30N4O2. The number of rotatable bonds is 6. The lowest BCUT2D eigenvalue weighted by Gasteiger charge is -2.33. The van der Waals surface area contributed by atoms with Crippen LogP contribution in [0.4, 0.5) is 10.5 Å². The van der Waals surface area contributed by atoms with Gasteiger partial charge in [0.25, 0.3) is 0 Å². The fourth-order valence-electron chi connectivity index (χ4n) is 2.93. The predicted octanol–water partition coefficient (Wildman–Crippen LogP) is 2.01. The van der Waals surface area contributed by atoms with Gasteiger partial charge in [0, 0.05) is 45.0 Å². The molecule has 2 N–H and O–H groups in total. The van der Waals surface area contributed by atoms with Crippen molar-refractivity contribution in [3.63, 3.8) is 0 Å². The molecule has 1 unspecified atom stereocenters. The van der Waals surface area contributed by atoms with Crippen LogP contribution in [0.15, 0.2) is 18.2 Å². The number of methoxy groups -OCH3 is 1. The molecule has 1 atom stereocenters. The van der Waals surface area contributed by atoms with E-state index in [0.29, 0.717) is 12.5 Å². The minimum absolute atomic E-state index is 0.162. The van der Waals surface area contributed by atoms with E-state index >= 15 is 0 Å². The molecular weight excluding hydrogens is 304 g/mol. The molecule has 2 rings (SSSR count). The average molecular weight is 334 g/mol. The number of ether oxygens (including phenoxy) is 1. The van der Waals surface area contributed by atoms with Gasteiger partial charge in [-0.15, -0.1) is 0 Å². The first-order valence-corrected chi connectivity index (χ1v) is 8.58. The molecule has 1 aliphatic rings. The number of carbonyl (C=O) groups excluding carboxylic acids is 1. The first-order valence-electron chi connectivity index (χ1n) is 8.58. The summed E-state index contributed by atoms with van der Waals surface area (Å²) in [5.74, 6) is 1.25. The Balaban J connectivity index is 1.71. The monoisotopic (exact) mass is 334 g/mol. The largest absolute Gasteiger partial charge is 0.496 e. The van der Waals surface area contributed by atoms with Crippen LogP contribution >= 0.6 is 0 Å². The second kappa shape index (κ2) is 8.89. The number of piperazine rings is 1. The van der Waals surface area contributed by atoms with Crippen LogP contribution in [0.1, 0.15) is 12.5 Å².